The first-order chi connectivity index (χ1) is 10.2. The van der Waals surface area contributed by atoms with Gasteiger partial charge < -0.3 is 15.0 Å². The highest BCUT2D eigenvalue weighted by molar-refractivity contribution is 5.67. The zero-order chi connectivity index (χ0) is 14.8. The van der Waals surface area contributed by atoms with E-state index in [0.717, 1.165) is 12.1 Å². The van der Waals surface area contributed by atoms with Crippen molar-refractivity contribution in [3.05, 3.63) is 29.8 Å². The van der Waals surface area contributed by atoms with E-state index in [2.05, 4.69) is 50.3 Å². The van der Waals surface area contributed by atoms with Gasteiger partial charge in [0.1, 0.15) is 0 Å². The first-order valence-corrected chi connectivity index (χ1v) is 7.16. The largest absolute Gasteiger partial charge is 0.464 e. The molecule has 110 valence electrons. The van der Waals surface area contributed by atoms with Crippen molar-refractivity contribution in [2.24, 2.45) is 0 Å². The lowest BCUT2D eigenvalue weighted by Gasteiger charge is -2.23. The van der Waals surface area contributed by atoms with Gasteiger partial charge in [0.25, 0.3) is 0 Å². The Morgan fingerprint density at radius 3 is 2.86 bits per heavy atom. The van der Waals surface area contributed by atoms with Gasteiger partial charge in [-0.3, -0.25) is 0 Å². The van der Waals surface area contributed by atoms with Crippen LogP contribution in [0.4, 0.5) is 17.6 Å². The van der Waals surface area contributed by atoms with Crippen LogP contribution in [0.15, 0.2) is 24.3 Å². The van der Waals surface area contributed by atoms with Gasteiger partial charge in [0.15, 0.2) is 0 Å². The summed E-state index contributed by atoms with van der Waals surface area (Å²) in [5.74, 6) is 1.13. The Balaban J connectivity index is 2.05. The van der Waals surface area contributed by atoms with E-state index >= 15 is 0 Å². The standard InChI is InChI=1S/C15H19N5O/c1-4-21-15-18-13(16-3)17-14(19-15)20-10(2)9-11-7-5-6-8-12(11)20/h5-8,10H,4,9H2,1-3H3,(H,16,17,18,19). The molecule has 21 heavy (non-hydrogen) atoms. The molecule has 1 N–H and O–H groups in total. The van der Waals surface area contributed by atoms with Crippen LogP contribution in [0.25, 0.3) is 0 Å². The summed E-state index contributed by atoms with van der Waals surface area (Å²) < 4.78 is 5.44. The highest BCUT2D eigenvalue weighted by atomic mass is 16.5. The average Bonchev–Trinajstić information content (AvgIpc) is 2.83. The maximum absolute atomic E-state index is 5.44. The molecule has 1 aromatic heterocycles. The van der Waals surface area contributed by atoms with E-state index in [1.54, 1.807) is 7.05 Å². The fourth-order valence-corrected chi connectivity index (χ4v) is 2.63. The number of aromatic nitrogens is 3. The number of anilines is 3. The fraction of sp³-hybridized carbons (Fsp3) is 0.400. The molecule has 1 unspecified atom stereocenters. The van der Waals surface area contributed by atoms with Crippen molar-refractivity contribution >= 4 is 17.6 Å². The van der Waals surface area contributed by atoms with Gasteiger partial charge in [0, 0.05) is 18.8 Å². The third-order valence-electron chi connectivity index (χ3n) is 3.52. The van der Waals surface area contributed by atoms with Crippen molar-refractivity contribution < 1.29 is 4.74 Å². The van der Waals surface area contributed by atoms with Crippen molar-refractivity contribution in [3.63, 3.8) is 0 Å². The van der Waals surface area contributed by atoms with Gasteiger partial charge in [-0.2, -0.15) is 15.0 Å². The predicted octanol–water partition coefficient (Wildman–Crippen LogP) is 2.39. The van der Waals surface area contributed by atoms with Gasteiger partial charge in [0.05, 0.1) is 6.61 Å². The van der Waals surface area contributed by atoms with Crippen molar-refractivity contribution in [1.82, 2.24) is 15.0 Å². The van der Waals surface area contributed by atoms with E-state index in [1.165, 1.54) is 5.56 Å². The summed E-state index contributed by atoms with van der Waals surface area (Å²) >= 11 is 0. The summed E-state index contributed by atoms with van der Waals surface area (Å²) in [4.78, 5) is 15.3. The van der Waals surface area contributed by atoms with E-state index in [4.69, 9.17) is 4.74 Å². The molecular weight excluding hydrogens is 266 g/mol. The number of benzene rings is 1. The second-order valence-corrected chi connectivity index (χ2v) is 4.98. The maximum atomic E-state index is 5.44. The number of ether oxygens (including phenoxy) is 1. The van der Waals surface area contributed by atoms with Gasteiger partial charge in [-0.15, -0.1) is 0 Å². The number of nitrogens with zero attached hydrogens (tertiary/aromatic N) is 4. The van der Waals surface area contributed by atoms with Crippen LogP contribution < -0.4 is 15.0 Å². The number of fused-ring (bicyclic) bond motifs is 1. The molecule has 1 aromatic carbocycles. The predicted molar refractivity (Wildman–Crippen MR) is 82.3 cm³/mol. The van der Waals surface area contributed by atoms with Crippen molar-refractivity contribution in [1.29, 1.82) is 0 Å². The Bertz CT molecular complexity index is 646. The second kappa shape index (κ2) is 5.55. The number of rotatable bonds is 4. The molecule has 0 saturated carbocycles. The molecule has 1 aliphatic heterocycles. The number of para-hydroxylation sites is 1. The van der Waals surface area contributed by atoms with Crippen LogP contribution in [-0.4, -0.2) is 34.6 Å². The topological polar surface area (TPSA) is 63.2 Å². The fourth-order valence-electron chi connectivity index (χ4n) is 2.63. The third kappa shape index (κ3) is 2.49. The Kier molecular flexibility index (Phi) is 3.60. The Labute approximate surface area is 124 Å². The summed E-state index contributed by atoms with van der Waals surface area (Å²) in [5, 5.41) is 2.96. The van der Waals surface area contributed by atoms with Crippen LogP contribution in [-0.2, 0) is 6.42 Å². The zero-order valence-electron chi connectivity index (χ0n) is 12.5. The SMILES string of the molecule is CCOc1nc(NC)nc(N2c3ccccc3CC2C)n1. The highest BCUT2D eigenvalue weighted by Crippen LogP contribution is 2.36. The Morgan fingerprint density at radius 1 is 1.29 bits per heavy atom. The number of hydrogen-bond acceptors (Lipinski definition) is 6. The van der Waals surface area contributed by atoms with Crippen molar-refractivity contribution in [2.45, 2.75) is 26.3 Å². The molecular formula is C15H19N5O. The first kappa shape index (κ1) is 13.6. The van der Waals surface area contributed by atoms with Gasteiger partial charge in [-0.05, 0) is 31.9 Å². The quantitative estimate of drug-likeness (QED) is 0.930. The Hall–Kier alpha value is -2.37. The third-order valence-corrected chi connectivity index (χ3v) is 3.52. The van der Waals surface area contributed by atoms with Gasteiger partial charge in [-0.25, -0.2) is 0 Å². The molecule has 0 saturated heterocycles. The van der Waals surface area contributed by atoms with Crippen LogP contribution >= 0.6 is 0 Å². The molecule has 1 aliphatic rings. The summed E-state index contributed by atoms with van der Waals surface area (Å²) in [7, 11) is 1.79. The molecule has 1 atom stereocenters. The van der Waals surface area contributed by atoms with E-state index < -0.39 is 0 Å². The van der Waals surface area contributed by atoms with Crippen molar-refractivity contribution in [2.75, 3.05) is 23.9 Å². The molecule has 0 aliphatic carbocycles. The molecule has 2 heterocycles. The molecule has 0 spiro atoms. The molecule has 2 aromatic rings. The second-order valence-electron chi connectivity index (χ2n) is 4.98. The van der Waals surface area contributed by atoms with Crippen LogP contribution in [0.1, 0.15) is 19.4 Å². The number of hydrogen-bond donors (Lipinski definition) is 1. The van der Waals surface area contributed by atoms with Gasteiger partial charge >= 0.3 is 6.01 Å². The summed E-state index contributed by atoms with van der Waals surface area (Å²) in [5.41, 5.74) is 2.47. The van der Waals surface area contributed by atoms with Gasteiger partial charge in [0.2, 0.25) is 11.9 Å². The smallest absolute Gasteiger partial charge is 0.323 e. The lowest BCUT2D eigenvalue weighted by molar-refractivity contribution is 0.312. The lowest BCUT2D eigenvalue weighted by Crippen LogP contribution is -2.26. The van der Waals surface area contributed by atoms with E-state index in [0.29, 0.717) is 30.6 Å². The van der Waals surface area contributed by atoms with Gasteiger partial charge in [-0.1, -0.05) is 18.2 Å². The van der Waals surface area contributed by atoms with E-state index in [-0.39, 0.29) is 0 Å². The average molecular weight is 285 g/mol. The molecule has 0 bridgehead atoms. The van der Waals surface area contributed by atoms with Crippen LogP contribution in [0.5, 0.6) is 6.01 Å². The summed E-state index contributed by atoms with van der Waals surface area (Å²) in [6, 6.07) is 9.00. The molecule has 0 amide bonds. The van der Waals surface area contributed by atoms with E-state index in [9.17, 15) is 0 Å². The highest BCUT2D eigenvalue weighted by Gasteiger charge is 2.29. The normalized spacial score (nSPS) is 16.7. The number of nitrogens with one attached hydrogen (secondary N) is 1. The summed E-state index contributed by atoms with van der Waals surface area (Å²) in [6.45, 7) is 4.61. The van der Waals surface area contributed by atoms with Crippen LogP contribution in [0.3, 0.4) is 0 Å². The lowest BCUT2D eigenvalue weighted by atomic mass is 10.1. The maximum Gasteiger partial charge on any atom is 0.323 e. The minimum atomic E-state index is 0.309. The van der Waals surface area contributed by atoms with Crippen LogP contribution in [0, 0.1) is 0 Å². The monoisotopic (exact) mass is 285 g/mol. The minimum Gasteiger partial charge on any atom is -0.464 e. The van der Waals surface area contributed by atoms with Crippen molar-refractivity contribution in [3.8, 4) is 6.01 Å². The van der Waals surface area contributed by atoms with Crippen LogP contribution in [0.2, 0.25) is 0 Å². The zero-order valence-corrected chi connectivity index (χ0v) is 12.5. The molecule has 6 nitrogen and oxygen atoms in total. The first-order valence-electron chi connectivity index (χ1n) is 7.16. The summed E-state index contributed by atoms with van der Waals surface area (Å²) in [6.07, 6.45) is 0.987. The minimum absolute atomic E-state index is 0.309. The molecule has 0 fully saturated rings. The molecule has 6 heteroatoms. The Morgan fingerprint density at radius 2 is 2.10 bits per heavy atom. The molecule has 0 radical (unpaired) electrons. The van der Waals surface area contributed by atoms with E-state index in [1.807, 2.05) is 13.0 Å². The molecule has 3 rings (SSSR count).